The van der Waals surface area contributed by atoms with E-state index in [1.165, 1.54) is 11.8 Å². The van der Waals surface area contributed by atoms with Crippen LogP contribution in [0.5, 0.6) is 5.75 Å². The van der Waals surface area contributed by atoms with E-state index in [2.05, 4.69) is 5.32 Å². The lowest BCUT2D eigenvalue weighted by Crippen LogP contribution is -2.24. The molecule has 5 rings (SSSR count). The SMILES string of the molecule is COc1ccccc1NC(=O)CSc1nc2c(-c3ccccc3)cn(C)c2c(=O)n1C1CC1. The average molecular weight is 461 g/mol. The molecule has 1 aliphatic carbocycles. The number of aryl methyl sites for hydroxylation is 1. The van der Waals surface area contributed by atoms with Gasteiger partial charge < -0.3 is 14.6 Å². The number of methoxy groups -OCH3 is 1. The van der Waals surface area contributed by atoms with Gasteiger partial charge in [0.15, 0.2) is 5.16 Å². The maximum Gasteiger partial charge on any atom is 0.278 e. The molecule has 0 bridgehead atoms. The highest BCUT2D eigenvalue weighted by molar-refractivity contribution is 7.99. The Bertz CT molecular complexity index is 1390. The Morgan fingerprint density at radius 2 is 1.88 bits per heavy atom. The van der Waals surface area contributed by atoms with Gasteiger partial charge in [-0.25, -0.2) is 4.98 Å². The second kappa shape index (κ2) is 8.78. The first-order valence-electron chi connectivity index (χ1n) is 10.8. The molecule has 1 N–H and O–H groups in total. The first-order valence-corrected chi connectivity index (χ1v) is 11.8. The summed E-state index contributed by atoms with van der Waals surface area (Å²) in [4.78, 5) is 31.1. The molecule has 2 heterocycles. The van der Waals surface area contributed by atoms with Crippen molar-refractivity contribution >= 4 is 34.4 Å². The zero-order chi connectivity index (χ0) is 22.9. The second-order valence-corrected chi connectivity index (χ2v) is 9.00. The van der Waals surface area contributed by atoms with Crippen molar-refractivity contribution in [2.75, 3.05) is 18.2 Å². The van der Waals surface area contributed by atoms with Gasteiger partial charge in [-0.15, -0.1) is 0 Å². The van der Waals surface area contributed by atoms with Crippen LogP contribution in [0.4, 0.5) is 5.69 Å². The van der Waals surface area contributed by atoms with Crippen LogP contribution in [0.2, 0.25) is 0 Å². The molecule has 0 saturated heterocycles. The highest BCUT2D eigenvalue weighted by atomic mass is 32.2. The standard InChI is InChI=1S/C25H24N4O3S/c1-28-14-18(16-8-4-3-5-9-16)22-23(28)24(31)29(17-12-13-17)25(27-22)33-15-21(30)26-19-10-6-7-11-20(19)32-2/h3-11,14,17H,12-13,15H2,1-2H3,(H,26,30). The molecular formula is C25H24N4O3S. The van der Waals surface area contributed by atoms with Crippen LogP contribution in [0.3, 0.4) is 0 Å². The van der Waals surface area contributed by atoms with Gasteiger partial charge in [-0.1, -0.05) is 54.2 Å². The number of fused-ring (bicyclic) bond motifs is 1. The smallest absolute Gasteiger partial charge is 0.278 e. The summed E-state index contributed by atoms with van der Waals surface area (Å²) in [5.41, 5.74) is 3.72. The molecular weight excluding hydrogens is 436 g/mol. The molecule has 0 spiro atoms. The lowest BCUT2D eigenvalue weighted by atomic mass is 10.1. The predicted molar refractivity (Wildman–Crippen MR) is 131 cm³/mol. The summed E-state index contributed by atoms with van der Waals surface area (Å²) < 4.78 is 8.93. The molecule has 7 nitrogen and oxygen atoms in total. The van der Waals surface area contributed by atoms with Crippen molar-refractivity contribution in [1.82, 2.24) is 14.1 Å². The number of ether oxygens (including phenoxy) is 1. The number of nitrogens with zero attached hydrogens (tertiary/aromatic N) is 3. The van der Waals surface area contributed by atoms with Gasteiger partial charge >= 0.3 is 0 Å². The van der Waals surface area contributed by atoms with E-state index in [-0.39, 0.29) is 23.3 Å². The Morgan fingerprint density at radius 3 is 2.61 bits per heavy atom. The maximum absolute atomic E-state index is 13.5. The van der Waals surface area contributed by atoms with E-state index in [0.717, 1.165) is 24.0 Å². The minimum atomic E-state index is -0.183. The Hall–Kier alpha value is -3.52. The number of carbonyl (C=O) groups is 1. The summed E-state index contributed by atoms with van der Waals surface area (Å²) in [6.07, 6.45) is 3.85. The number of amides is 1. The first-order chi connectivity index (χ1) is 16.1. The van der Waals surface area contributed by atoms with Gasteiger partial charge in [0.05, 0.1) is 18.6 Å². The molecule has 0 unspecified atom stereocenters. The lowest BCUT2D eigenvalue weighted by Gasteiger charge is -2.13. The molecule has 1 saturated carbocycles. The van der Waals surface area contributed by atoms with Crippen molar-refractivity contribution < 1.29 is 9.53 Å². The van der Waals surface area contributed by atoms with E-state index in [4.69, 9.17) is 9.72 Å². The third kappa shape index (κ3) is 4.14. The fourth-order valence-corrected chi connectivity index (χ4v) is 4.84. The number of benzene rings is 2. The molecule has 2 aromatic heterocycles. The fourth-order valence-electron chi connectivity index (χ4n) is 3.98. The molecule has 0 atom stereocenters. The molecule has 33 heavy (non-hydrogen) atoms. The highest BCUT2D eigenvalue weighted by Crippen LogP contribution is 2.38. The summed E-state index contributed by atoms with van der Waals surface area (Å²) in [6, 6.07) is 17.3. The summed E-state index contributed by atoms with van der Waals surface area (Å²) in [7, 11) is 3.44. The molecule has 0 radical (unpaired) electrons. The third-order valence-corrected chi connectivity index (χ3v) is 6.65. The van der Waals surface area contributed by atoms with Crippen LogP contribution >= 0.6 is 11.8 Å². The number of rotatable bonds is 7. The summed E-state index contributed by atoms with van der Waals surface area (Å²) in [5.74, 6) is 0.551. The molecule has 1 fully saturated rings. The van der Waals surface area contributed by atoms with Crippen molar-refractivity contribution in [3.8, 4) is 16.9 Å². The van der Waals surface area contributed by atoms with Crippen LogP contribution in [0, 0.1) is 0 Å². The zero-order valence-corrected chi connectivity index (χ0v) is 19.3. The molecule has 8 heteroatoms. The number of para-hydroxylation sites is 2. The first kappa shape index (κ1) is 21.3. The number of nitrogens with one attached hydrogen (secondary N) is 1. The second-order valence-electron chi connectivity index (χ2n) is 8.05. The number of carbonyl (C=O) groups excluding carboxylic acids is 1. The molecule has 2 aromatic carbocycles. The highest BCUT2D eigenvalue weighted by Gasteiger charge is 2.30. The van der Waals surface area contributed by atoms with Gasteiger partial charge in [-0.3, -0.25) is 14.2 Å². The number of hydrogen-bond donors (Lipinski definition) is 1. The quantitative estimate of drug-likeness (QED) is 0.325. The molecule has 0 aliphatic heterocycles. The van der Waals surface area contributed by atoms with E-state index in [1.807, 2.05) is 60.3 Å². The van der Waals surface area contributed by atoms with E-state index in [1.54, 1.807) is 23.8 Å². The Balaban J connectivity index is 1.49. The number of thioether (sulfide) groups is 1. The van der Waals surface area contributed by atoms with Crippen molar-refractivity contribution in [2.45, 2.75) is 24.0 Å². The monoisotopic (exact) mass is 460 g/mol. The van der Waals surface area contributed by atoms with Crippen molar-refractivity contribution in [3.05, 3.63) is 71.1 Å². The van der Waals surface area contributed by atoms with E-state index >= 15 is 0 Å². The van der Waals surface area contributed by atoms with Crippen LogP contribution in [-0.2, 0) is 11.8 Å². The van der Waals surface area contributed by atoms with E-state index < -0.39 is 0 Å². The fraction of sp³-hybridized carbons (Fsp3) is 0.240. The third-order valence-electron chi connectivity index (χ3n) is 5.70. The van der Waals surface area contributed by atoms with Crippen molar-refractivity contribution in [2.24, 2.45) is 7.05 Å². The van der Waals surface area contributed by atoms with Crippen LogP contribution in [0.15, 0.2) is 70.7 Å². The van der Waals surface area contributed by atoms with Gasteiger partial charge in [-0.2, -0.15) is 0 Å². The normalized spacial score (nSPS) is 13.3. The average Bonchev–Trinajstić information content (AvgIpc) is 3.61. The molecule has 1 aliphatic rings. The van der Waals surface area contributed by atoms with Gasteiger partial charge in [0.1, 0.15) is 16.8 Å². The minimum Gasteiger partial charge on any atom is -0.495 e. The van der Waals surface area contributed by atoms with E-state index in [0.29, 0.717) is 27.6 Å². The molecule has 4 aromatic rings. The zero-order valence-electron chi connectivity index (χ0n) is 18.4. The van der Waals surface area contributed by atoms with Gasteiger partial charge in [-0.05, 0) is 30.5 Å². The van der Waals surface area contributed by atoms with Gasteiger partial charge in [0, 0.05) is 24.8 Å². The number of anilines is 1. The van der Waals surface area contributed by atoms with Crippen molar-refractivity contribution in [3.63, 3.8) is 0 Å². The van der Waals surface area contributed by atoms with Gasteiger partial charge in [0.25, 0.3) is 5.56 Å². The largest absolute Gasteiger partial charge is 0.495 e. The van der Waals surface area contributed by atoms with Gasteiger partial charge in [0.2, 0.25) is 5.91 Å². The number of aromatic nitrogens is 3. The van der Waals surface area contributed by atoms with Crippen LogP contribution in [-0.4, -0.2) is 32.9 Å². The Morgan fingerprint density at radius 1 is 1.15 bits per heavy atom. The van der Waals surface area contributed by atoms with Crippen LogP contribution in [0.1, 0.15) is 18.9 Å². The molecule has 1 amide bonds. The number of hydrogen-bond acceptors (Lipinski definition) is 5. The predicted octanol–water partition coefficient (Wildman–Crippen LogP) is 4.48. The topological polar surface area (TPSA) is 78.2 Å². The Kier molecular flexibility index (Phi) is 5.68. The summed E-state index contributed by atoms with van der Waals surface area (Å²) in [5, 5.41) is 3.46. The Labute approximate surface area is 195 Å². The molecule has 168 valence electrons. The van der Waals surface area contributed by atoms with Crippen molar-refractivity contribution in [1.29, 1.82) is 0 Å². The summed E-state index contributed by atoms with van der Waals surface area (Å²) in [6.45, 7) is 0. The van der Waals surface area contributed by atoms with Crippen LogP contribution < -0.4 is 15.6 Å². The maximum atomic E-state index is 13.5. The minimum absolute atomic E-state index is 0.0557. The lowest BCUT2D eigenvalue weighted by molar-refractivity contribution is -0.113. The van der Waals surface area contributed by atoms with Crippen LogP contribution in [0.25, 0.3) is 22.2 Å². The summed E-state index contributed by atoms with van der Waals surface area (Å²) >= 11 is 1.29. The van der Waals surface area contributed by atoms with E-state index in [9.17, 15) is 9.59 Å².